The summed E-state index contributed by atoms with van der Waals surface area (Å²) in [6.07, 6.45) is 1.25. The number of nitrogens with one attached hydrogen (secondary N) is 1. The normalized spacial score (nSPS) is 25.3. The maximum atomic E-state index is 6.18. The highest BCUT2D eigenvalue weighted by atomic mass is 35.5. The molecule has 0 aromatic carbocycles. The molecule has 1 saturated carbocycles. The lowest BCUT2D eigenvalue weighted by Crippen LogP contribution is -2.20. The molecule has 0 bridgehead atoms. The minimum Gasteiger partial charge on any atom is -0.313 e. The minimum atomic E-state index is 0.344. The highest BCUT2D eigenvalue weighted by molar-refractivity contribution is 7.20. The maximum absolute atomic E-state index is 6.18. The molecule has 84 valence electrons. The third kappa shape index (κ3) is 2.19. The van der Waals surface area contributed by atoms with Gasteiger partial charge in [-0.05, 0) is 30.9 Å². The van der Waals surface area contributed by atoms with Gasteiger partial charge in [-0.1, -0.05) is 37.0 Å². The highest BCUT2D eigenvalue weighted by Crippen LogP contribution is 2.58. The highest BCUT2D eigenvalue weighted by Gasteiger charge is 2.50. The first-order valence-corrected chi connectivity index (χ1v) is 6.65. The average Bonchev–Trinajstić information content (AvgIpc) is 2.60. The summed E-state index contributed by atoms with van der Waals surface area (Å²) >= 11 is 13.6. The van der Waals surface area contributed by atoms with Gasteiger partial charge in [0.15, 0.2) is 0 Å². The summed E-state index contributed by atoms with van der Waals surface area (Å²) in [5.74, 6) is 0.672. The number of hydrogen-bond acceptors (Lipinski definition) is 2. The Hall–Kier alpha value is 0.240. The van der Waals surface area contributed by atoms with Crippen molar-refractivity contribution >= 4 is 34.5 Å². The van der Waals surface area contributed by atoms with E-state index in [-0.39, 0.29) is 0 Å². The Bertz CT molecular complexity index is 373. The Morgan fingerprint density at radius 1 is 1.53 bits per heavy atom. The summed E-state index contributed by atoms with van der Waals surface area (Å²) < 4.78 is 1.59. The number of halogens is 2. The maximum Gasteiger partial charge on any atom is 0.0992 e. The number of hydrogen-bond donors (Lipinski definition) is 1. The van der Waals surface area contributed by atoms with Crippen molar-refractivity contribution in [2.24, 2.45) is 11.3 Å². The van der Waals surface area contributed by atoms with Crippen LogP contribution in [0.1, 0.15) is 31.9 Å². The van der Waals surface area contributed by atoms with Crippen LogP contribution in [0.15, 0.2) is 6.07 Å². The molecule has 1 aliphatic rings. The molecule has 0 saturated heterocycles. The average molecular weight is 264 g/mol. The molecule has 1 nitrogen and oxygen atoms in total. The topological polar surface area (TPSA) is 12.0 Å². The summed E-state index contributed by atoms with van der Waals surface area (Å²) in [7, 11) is 1.99. The third-order valence-corrected chi connectivity index (χ3v) is 4.84. The molecule has 1 aliphatic carbocycles. The van der Waals surface area contributed by atoms with Crippen LogP contribution in [0.2, 0.25) is 8.67 Å². The molecule has 0 radical (unpaired) electrons. The van der Waals surface area contributed by atoms with E-state index in [9.17, 15) is 0 Å². The summed E-state index contributed by atoms with van der Waals surface area (Å²) in [5.41, 5.74) is 1.59. The molecule has 15 heavy (non-hydrogen) atoms. The second kappa shape index (κ2) is 3.92. The molecule has 1 N–H and O–H groups in total. The van der Waals surface area contributed by atoms with E-state index in [0.717, 1.165) is 14.2 Å². The van der Waals surface area contributed by atoms with Crippen LogP contribution in [0.25, 0.3) is 0 Å². The van der Waals surface area contributed by atoms with E-state index in [2.05, 4.69) is 19.2 Å². The summed E-state index contributed by atoms with van der Waals surface area (Å²) in [4.78, 5) is 0. The van der Waals surface area contributed by atoms with Crippen LogP contribution in [0.4, 0.5) is 0 Å². The van der Waals surface area contributed by atoms with E-state index in [0.29, 0.717) is 17.4 Å². The molecule has 1 heterocycles. The lowest BCUT2D eigenvalue weighted by Gasteiger charge is -2.17. The van der Waals surface area contributed by atoms with Crippen LogP contribution in [-0.2, 0) is 0 Å². The van der Waals surface area contributed by atoms with E-state index in [1.807, 2.05) is 13.1 Å². The fraction of sp³-hybridized carbons (Fsp3) is 0.636. The number of rotatable bonds is 3. The van der Waals surface area contributed by atoms with Gasteiger partial charge in [-0.3, -0.25) is 0 Å². The molecule has 1 fully saturated rings. The van der Waals surface area contributed by atoms with E-state index in [4.69, 9.17) is 23.2 Å². The first-order valence-electron chi connectivity index (χ1n) is 5.07. The lowest BCUT2D eigenvalue weighted by molar-refractivity contribution is 0.442. The second-order valence-electron chi connectivity index (χ2n) is 4.85. The van der Waals surface area contributed by atoms with Crippen molar-refractivity contribution in [2.75, 3.05) is 7.05 Å². The molecular weight excluding hydrogens is 249 g/mol. The first kappa shape index (κ1) is 11.7. The molecule has 0 aliphatic heterocycles. The van der Waals surface area contributed by atoms with E-state index >= 15 is 0 Å². The molecule has 1 aromatic rings. The van der Waals surface area contributed by atoms with Crippen molar-refractivity contribution in [3.8, 4) is 0 Å². The predicted molar refractivity (Wildman–Crippen MR) is 68.0 cm³/mol. The van der Waals surface area contributed by atoms with E-state index < -0.39 is 0 Å². The van der Waals surface area contributed by atoms with Gasteiger partial charge in [0.25, 0.3) is 0 Å². The van der Waals surface area contributed by atoms with Crippen molar-refractivity contribution in [3.63, 3.8) is 0 Å². The Morgan fingerprint density at radius 2 is 2.13 bits per heavy atom. The number of thiophene rings is 1. The third-order valence-electron chi connectivity index (χ3n) is 3.32. The van der Waals surface area contributed by atoms with Crippen molar-refractivity contribution in [1.29, 1.82) is 0 Å². The zero-order valence-electron chi connectivity index (χ0n) is 9.10. The van der Waals surface area contributed by atoms with Crippen molar-refractivity contribution in [3.05, 3.63) is 20.3 Å². The van der Waals surface area contributed by atoms with Crippen molar-refractivity contribution < 1.29 is 0 Å². The fourth-order valence-corrected chi connectivity index (χ4v) is 3.77. The van der Waals surface area contributed by atoms with Gasteiger partial charge in [-0.2, -0.15) is 0 Å². The van der Waals surface area contributed by atoms with Crippen LogP contribution < -0.4 is 5.32 Å². The molecule has 0 spiro atoms. The Morgan fingerprint density at radius 3 is 2.47 bits per heavy atom. The Labute approximate surface area is 105 Å². The zero-order valence-corrected chi connectivity index (χ0v) is 11.4. The molecule has 4 heteroatoms. The van der Waals surface area contributed by atoms with Crippen LogP contribution in [0.3, 0.4) is 0 Å². The monoisotopic (exact) mass is 263 g/mol. The largest absolute Gasteiger partial charge is 0.313 e. The second-order valence-corrected chi connectivity index (χ2v) is 7.13. The SMILES string of the molecule is CNC(c1cc(Cl)sc1Cl)C1CC1(C)C. The molecule has 0 amide bonds. The van der Waals surface area contributed by atoms with Crippen LogP contribution >= 0.6 is 34.5 Å². The summed E-state index contributed by atoms with van der Waals surface area (Å²) in [6, 6.07) is 2.33. The molecule has 2 unspecified atom stereocenters. The lowest BCUT2D eigenvalue weighted by atomic mass is 9.99. The van der Waals surface area contributed by atoms with Gasteiger partial charge < -0.3 is 5.32 Å². The van der Waals surface area contributed by atoms with Gasteiger partial charge >= 0.3 is 0 Å². The van der Waals surface area contributed by atoms with E-state index in [1.165, 1.54) is 17.8 Å². The van der Waals surface area contributed by atoms with Crippen molar-refractivity contribution in [1.82, 2.24) is 5.32 Å². The molecular formula is C11H15Cl2NS. The fourth-order valence-electron chi connectivity index (χ4n) is 2.22. The summed E-state index contributed by atoms with van der Waals surface area (Å²) in [6.45, 7) is 4.59. The standard InChI is InChI=1S/C11H15Cl2NS/c1-11(2)5-7(11)9(14-3)6-4-8(12)15-10(6)13/h4,7,9,14H,5H2,1-3H3. The minimum absolute atomic E-state index is 0.344. The first-order chi connectivity index (χ1) is 6.95. The molecule has 1 aromatic heterocycles. The van der Waals surface area contributed by atoms with Crippen LogP contribution in [0.5, 0.6) is 0 Å². The van der Waals surface area contributed by atoms with Crippen molar-refractivity contribution in [2.45, 2.75) is 26.3 Å². The van der Waals surface area contributed by atoms with Gasteiger partial charge in [0, 0.05) is 11.6 Å². The predicted octanol–water partition coefficient (Wildman–Crippen LogP) is 4.36. The van der Waals surface area contributed by atoms with E-state index in [1.54, 1.807) is 0 Å². The van der Waals surface area contributed by atoms with Gasteiger partial charge in [0.05, 0.1) is 8.67 Å². The Kier molecular flexibility index (Phi) is 3.06. The Balaban J connectivity index is 2.24. The van der Waals surface area contributed by atoms with Crippen LogP contribution in [-0.4, -0.2) is 7.05 Å². The van der Waals surface area contributed by atoms with Gasteiger partial charge in [0.1, 0.15) is 0 Å². The van der Waals surface area contributed by atoms with Gasteiger partial charge in [-0.15, -0.1) is 11.3 Å². The molecule has 2 atom stereocenters. The smallest absolute Gasteiger partial charge is 0.0992 e. The molecule has 2 rings (SSSR count). The van der Waals surface area contributed by atoms with Gasteiger partial charge in [0.2, 0.25) is 0 Å². The summed E-state index contributed by atoms with van der Waals surface area (Å²) in [5, 5.41) is 3.35. The quantitative estimate of drug-likeness (QED) is 0.855. The van der Waals surface area contributed by atoms with Crippen LogP contribution in [0, 0.1) is 11.3 Å². The zero-order chi connectivity index (χ0) is 11.2. The van der Waals surface area contributed by atoms with Gasteiger partial charge in [-0.25, -0.2) is 0 Å².